The highest BCUT2D eigenvalue weighted by Crippen LogP contribution is 2.32. The zero-order valence-corrected chi connectivity index (χ0v) is 12.1. The Hall–Kier alpha value is -2.18. The first-order valence-electron chi connectivity index (χ1n) is 7.03. The molecule has 3 unspecified atom stereocenters. The monoisotopic (exact) mass is 293 g/mol. The van der Waals surface area contributed by atoms with Crippen LogP contribution in [0.5, 0.6) is 0 Å². The van der Waals surface area contributed by atoms with Gasteiger partial charge in [0.25, 0.3) is 0 Å². The van der Waals surface area contributed by atoms with E-state index in [4.69, 9.17) is 5.11 Å². The van der Waals surface area contributed by atoms with E-state index >= 15 is 0 Å². The predicted molar refractivity (Wildman–Crippen MR) is 77.4 cm³/mol. The zero-order chi connectivity index (χ0) is 15.6. The Labute approximate surface area is 122 Å². The van der Waals surface area contributed by atoms with Crippen LogP contribution in [0.15, 0.2) is 12.1 Å². The second-order valence-corrected chi connectivity index (χ2v) is 5.74. The van der Waals surface area contributed by atoms with E-state index in [-0.39, 0.29) is 23.2 Å². The summed E-state index contributed by atoms with van der Waals surface area (Å²) in [6.07, 6.45) is 2.85. The molecule has 0 bridgehead atoms. The summed E-state index contributed by atoms with van der Waals surface area (Å²) in [4.78, 5) is 25.3. The topological polar surface area (TPSA) is 105 Å². The molecule has 3 atom stereocenters. The number of nitro groups is 1. The quantitative estimate of drug-likeness (QED) is 0.653. The molecule has 0 aromatic carbocycles. The summed E-state index contributed by atoms with van der Waals surface area (Å²) in [5, 5.41) is 23.1. The maximum Gasteiger partial charge on any atom is 0.354 e. The number of nitrogens with zero attached hydrogens (tertiary/aromatic N) is 2. The normalized spacial score (nSPS) is 25.3. The van der Waals surface area contributed by atoms with Crippen LogP contribution in [0.4, 0.5) is 11.5 Å². The van der Waals surface area contributed by atoms with Crippen molar-refractivity contribution < 1.29 is 14.8 Å². The fourth-order valence-electron chi connectivity index (χ4n) is 2.70. The number of nitrogens with one attached hydrogen (secondary N) is 1. The van der Waals surface area contributed by atoms with Gasteiger partial charge >= 0.3 is 11.7 Å². The maximum absolute atomic E-state index is 11.0. The number of carboxylic acids is 1. The number of carbonyl (C=O) groups is 1. The molecule has 0 saturated heterocycles. The Kier molecular flexibility index (Phi) is 4.40. The number of aromatic carboxylic acids is 1. The largest absolute Gasteiger partial charge is 0.477 e. The molecule has 1 saturated carbocycles. The summed E-state index contributed by atoms with van der Waals surface area (Å²) in [5.41, 5.74) is -0.383. The van der Waals surface area contributed by atoms with Crippen LogP contribution in [0, 0.1) is 22.0 Å². The molecule has 2 N–H and O–H groups in total. The Bertz CT molecular complexity index is 561. The molecule has 0 spiro atoms. The van der Waals surface area contributed by atoms with Gasteiger partial charge in [0.15, 0.2) is 5.69 Å². The van der Waals surface area contributed by atoms with Gasteiger partial charge in [-0.3, -0.25) is 10.1 Å². The lowest BCUT2D eigenvalue weighted by Gasteiger charge is -2.32. The molecular weight excluding hydrogens is 274 g/mol. The van der Waals surface area contributed by atoms with Crippen LogP contribution in [0.1, 0.15) is 43.6 Å². The fourth-order valence-corrected chi connectivity index (χ4v) is 2.70. The van der Waals surface area contributed by atoms with Gasteiger partial charge in [0.2, 0.25) is 5.82 Å². The molecule has 2 rings (SSSR count). The SMILES string of the molecule is CC1CCC(Nc2nc(C(=O)O)ccc2[N+](=O)[O-])CC1C. The summed E-state index contributed by atoms with van der Waals surface area (Å²) in [5.74, 6) is 0.0135. The summed E-state index contributed by atoms with van der Waals surface area (Å²) in [6, 6.07) is 2.43. The molecule has 0 amide bonds. The van der Waals surface area contributed by atoms with Gasteiger partial charge in [-0.2, -0.15) is 0 Å². The fraction of sp³-hybridized carbons (Fsp3) is 0.571. The highest BCUT2D eigenvalue weighted by atomic mass is 16.6. The van der Waals surface area contributed by atoms with Gasteiger partial charge < -0.3 is 10.4 Å². The summed E-state index contributed by atoms with van der Waals surface area (Å²) in [7, 11) is 0. The second-order valence-electron chi connectivity index (χ2n) is 5.74. The van der Waals surface area contributed by atoms with Crippen LogP contribution in [0.25, 0.3) is 0 Å². The Morgan fingerprint density at radius 3 is 2.67 bits per heavy atom. The molecular formula is C14H19N3O4. The lowest BCUT2D eigenvalue weighted by atomic mass is 9.79. The van der Waals surface area contributed by atoms with Crippen molar-refractivity contribution in [1.82, 2.24) is 4.98 Å². The molecule has 7 nitrogen and oxygen atoms in total. The molecule has 0 aliphatic heterocycles. The number of anilines is 1. The number of pyridine rings is 1. The van der Waals surface area contributed by atoms with Crippen LogP contribution in [-0.4, -0.2) is 27.0 Å². The molecule has 1 fully saturated rings. The second kappa shape index (κ2) is 6.07. The molecule has 7 heteroatoms. The first-order chi connectivity index (χ1) is 9.88. The summed E-state index contributed by atoms with van der Waals surface area (Å²) in [6.45, 7) is 4.36. The Balaban J connectivity index is 2.23. The lowest BCUT2D eigenvalue weighted by molar-refractivity contribution is -0.384. The zero-order valence-electron chi connectivity index (χ0n) is 12.1. The number of hydrogen-bond acceptors (Lipinski definition) is 5. The van der Waals surface area contributed by atoms with Crippen molar-refractivity contribution >= 4 is 17.5 Å². The maximum atomic E-state index is 11.0. The average Bonchev–Trinajstić information content (AvgIpc) is 2.42. The van der Waals surface area contributed by atoms with Crippen LogP contribution < -0.4 is 5.32 Å². The first-order valence-corrected chi connectivity index (χ1v) is 7.03. The minimum atomic E-state index is -1.20. The molecule has 0 radical (unpaired) electrons. The molecule has 21 heavy (non-hydrogen) atoms. The smallest absolute Gasteiger partial charge is 0.354 e. The number of aromatic nitrogens is 1. The van der Waals surface area contributed by atoms with E-state index in [1.807, 2.05) is 0 Å². The van der Waals surface area contributed by atoms with Crippen LogP contribution >= 0.6 is 0 Å². The van der Waals surface area contributed by atoms with Gasteiger partial charge in [-0.25, -0.2) is 9.78 Å². The van der Waals surface area contributed by atoms with Crippen molar-refractivity contribution in [2.75, 3.05) is 5.32 Å². The van der Waals surface area contributed by atoms with Crippen LogP contribution in [0.2, 0.25) is 0 Å². The van der Waals surface area contributed by atoms with Crippen LogP contribution in [0.3, 0.4) is 0 Å². The molecule has 1 aliphatic carbocycles. The molecule has 1 aromatic rings. The third kappa shape index (κ3) is 3.48. The van der Waals surface area contributed by atoms with Crippen molar-refractivity contribution in [3.63, 3.8) is 0 Å². The minimum Gasteiger partial charge on any atom is -0.477 e. The standard InChI is InChI=1S/C14H19N3O4/c1-8-3-4-10(7-9(8)2)15-13-12(17(20)21)6-5-11(16-13)14(18)19/h5-6,8-10H,3-4,7H2,1-2H3,(H,15,16)(H,18,19). The van der Waals surface area contributed by atoms with E-state index in [1.165, 1.54) is 6.07 Å². The van der Waals surface area contributed by atoms with Crippen molar-refractivity contribution in [3.05, 3.63) is 27.9 Å². The molecule has 1 aromatic heterocycles. The van der Waals surface area contributed by atoms with Gasteiger partial charge in [0.05, 0.1) is 4.92 Å². The van der Waals surface area contributed by atoms with E-state index in [9.17, 15) is 14.9 Å². The Morgan fingerprint density at radius 2 is 2.10 bits per heavy atom. The van der Waals surface area contributed by atoms with Crippen molar-refractivity contribution in [3.8, 4) is 0 Å². The van der Waals surface area contributed by atoms with E-state index in [0.29, 0.717) is 11.8 Å². The average molecular weight is 293 g/mol. The van der Waals surface area contributed by atoms with Gasteiger partial charge in [-0.05, 0) is 37.2 Å². The van der Waals surface area contributed by atoms with Gasteiger partial charge in [0.1, 0.15) is 0 Å². The highest BCUT2D eigenvalue weighted by molar-refractivity contribution is 5.86. The molecule has 114 valence electrons. The number of rotatable bonds is 4. The van der Waals surface area contributed by atoms with E-state index in [1.54, 1.807) is 0 Å². The van der Waals surface area contributed by atoms with Gasteiger partial charge in [-0.15, -0.1) is 0 Å². The van der Waals surface area contributed by atoms with Gasteiger partial charge in [-0.1, -0.05) is 13.8 Å². The molecule has 1 heterocycles. The van der Waals surface area contributed by atoms with Crippen molar-refractivity contribution in [2.24, 2.45) is 11.8 Å². The van der Waals surface area contributed by atoms with Crippen molar-refractivity contribution in [2.45, 2.75) is 39.2 Å². The number of carboxylic acid groups (broad SMARTS) is 1. The first kappa shape index (κ1) is 15.2. The highest BCUT2D eigenvalue weighted by Gasteiger charge is 2.27. The van der Waals surface area contributed by atoms with Crippen LogP contribution in [-0.2, 0) is 0 Å². The summed E-state index contributed by atoms with van der Waals surface area (Å²) >= 11 is 0. The Morgan fingerprint density at radius 1 is 1.38 bits per heavy atom. The summed E-state index contributed by atoms with van der Waals surface area (Å²) < 4.78 is 0. The van der Waals surface area contributed by atoms with Gasteiger partial charge in [0, 0.05) is 12.1 Å². The van der Waals surface area contributed by atoms with E-state index in [2.05, 4.69) is 24.1 Å². The minimum absolute atomic E-state index is 0.0478. The van der Waals surface area contributed by atoms with E-state index in [0.717, 1.165) is 25.3 Å². The number of hydrogen-bond donors (Lipinski definition) is 2. The molecule has 1 aliphatic rings. The van der Waals surface area contributed by atoms with Crippen molar-refractivity contribution in [1.29, 1.82) is 0 Å². The predicted octanol–water partition coefficient (Wildman–Crippen LogP) is 2.92. The third-order valence-corrected chi connectivity index (χ3v) is 4.23. The van der Waals surface area contributed by atoms with E-state index < -0.39 is 10.9 Å². The third-order valence-electron chi connectivity index (χ3n) is 4.23. The lowest BCUT2D eigenvalue weighted by Crippen LogP contribution is -2.31.